The molecule has 6 heteroatoms. The third kappa shape index (κ3) is 5.25. The first kappa shape index (κ1) is 20.9. The van der Waals surface area contributed by atoms with Crippen molar-refractivity contribution < 1.29 is 9.59 Å². The Labute approximate surface area is 187 Å². The molecule has 3 aromatic rings. The molecule has 158 valence electrons. The lowest BCUT2D eigenvalue weighted by atomic mass is 10.1. The minimum absolute atomic E-state index is 0.0581. The summed E-state index contributed by atoms with van der Waals surface area (Å²) in [6.07, 6.45) is 0. The normalized spacial score (nSPS) is 13.5. The number of hydrogen-bond acceptors (Lipinski definition) is 2. The van der Waals surface area contributed by atoms with Crippen molar-refractivity contribution in [1.29, 1.82) is 0 Å². The number of anilines is 1. The summed E-state index contributed by atoms with van der Waals surface area (Å²) in [6.45, 7) is 2.11. The van der Waals surface area contributed by atoms with Crippen molar-refractivity contribution in [3.05, 3.63) is 101 Å². The van der Waals surface area contributed by atoms with Gasteiger partial charge in [-0.15, -0.1) is 0 Å². The zero-order valence-corrected chi connectivity index (χ0v) is 17.9. The molecule has 0 spiro atoms. The summed E-state index contributed by atoms with van der Waals surface area (Å²) in [7, 11) is 0. The van der Waals surface area contributed by atoms with Crippen LogP contribution >= 0.6 is 11.6 Å². The van der Waals surface area contributed by atoms with E-state index in [2.05, 4.69) is 0 Å². The van der Waals surface area contributed by atoms with Gasteiger partial charge in [0, 0.05) is 36.9 Å². The molecular weight excluding hydrogens is 410 g/mol. The molecule has 1 saturated heterocycles. The summed E-state index contributed by atoms with van der Waals surface area (Å²) in [6, 6.07) is 26.8. The van der Waals surface area contributed by atoms with Gasteiger partial charge in [0.1, 0.15) is 6.54 Å². The summed E-state index contributed by atoms with van der Waals surface area (Å²) < 4.78 is 0. The highest BCUT2D eigenvalue weighted by molar-refractivity contribution is 6.30. The maximum absolute atomic E-state index is 13.2. The van der Waals surface area contributed by atoms with Gasteiger partial charge in [-0.2, -0.15) is 0 Å². The van der Waals surface area contributed by atoms with Crippen LogP contribution in [-0.4, -0.2) is 41.4 Å². The van der Waals surface area contributed by atoms with E-state index in [9.17, 15) is 9.59 Å². The Morgan fingerprint density at radius 3 is 1.90 bits per heavy atom. The number of benzene rings is 3. The molecule has 31 heavy (non-hydrogen) atoms. The van der Waals surface area contributed by atoms with Crippen molar-refractivity contribution in [3.63, 3.8) is 0 Å². The van der Waals surface area contributed by atoms with Crippen molar-refractivity contribution in [2.24, 2.45) is 0 Å². The molecule has 4 rings (SSSR count). The number of rotatable bonds is 7. The molecule has 0 aromatic heterocycles. The lowest BCUT2D eigenvalue weighted by molar-refractivity contribution is -0.132. The monoisotopic (exact) mass is 433 g/mol. The average molecular weight is 434 g/mol. The van der Waals surface area contributed by atoms with Gasteiger partial charge in [0.2, 0.25) is 5.91 Å². The van der Waals surface area contributed by atoms with E-state index < -0.39 is 0 Å². The Kier molecular flexibility index (Phi) is 6.53. The molecule has 0 N–H and O–H groups in total. The van der Waals surface area contributed by atoms with Crippen molar-refractivity contribution in [1.82, 2.24) is 9.80 Å². The largest absolute Gasteiger partial charge is 0.333 e. The van der Waals surface area contributed by atoms with Crippen LogP contribution in [0.4, 0.5) is 10.5 Å². The number of carbonyl (C=O) groups excluding carboxylic acids is 2. The van der Waals surface area contributed by atoms with Gasteiger partial charge in [-0.3, -0.25) is 9.69 Å². The third-order valence-electron chi connectivity index (χ3n) is 5.34. The maximum Gasteiger partial charge on any atom is 0.325 e. The average Bonchev–Trinajstić information content (AvgIpc) is 3.15. The Bertz CT molecular complexity index is 984. The number of hydrogen-bond donors (Lipinski definition) is 0. The van der Waals surface area contributed by atoms with E-state index in [1.54, 1.807) is 21.9 Å². The number of halogens is 1. The minimum atomic E-state index is -0.157. The van der Waals surface area contributed by atoms with E-state index in [1.807, 2.05) is 77.7 Å². The van der Waals surface area contributed by atoms with Gasteiger partial charge < -0.3 is 9.80 Å². The number of nitrogens with zero attached hydrogens (tertiary/aromatic N) is 3. The number of carbonyl (C=O) groups is 2. The SMILES string of the molecule is O=C(CN1CCN(c2ccc(Cl)cc2)C1=O)N(Cc1ccccc1)Cc1ccccc1. The molecule has 3 amide bonds. The van der Waals surface area contributed by atoms with Crippen molar-refractivity contribution in [2.75, 3.05) is 24.5 Å². The molecular formula is C25H24ClN3O2. The highest BCUT2D eigenvalue weighted by Gasteiger charge is 2.32. The Morgan fingerprint density at radius 1 is 0.806 bits per heavy atom. The molecule has 1 aliphatic heterocycles. The molecule has 0 aliphatic carbocycles. The van der Waals surface area contributed by atoms with Gasteiger partial charge >= 0.3 is 6.03 Å². The van der Waals surface area contributed by atoms with E-state index in [0.29, 0.717) is 31.2 Å². The van der Waals surface area contributed by atoms with Crippen LogP contribution in [0.3, 0.4) is 0 Å². The van der Waals surface area contributed by atoms with E-state index in [1.165, 1.54) is 0 Å². The third-order valence-corrected chi connectivity index (χ3v) is 5.60. The maximum atomic E-state index is 13.2. The van der Waals surface area contributed by atoms with Crippen molar-refractivity contribution in [2.45, 2.75) is 13.1 Å². The Balaban J connectivity index is 1.46. The highest BCUT2D eigenvalue weighted by atomic mass is 35.5. The van der Waals surface area contributed by atoms with E-state index >= 15 is 0 Å². The minimum Gasteiger partial charge on any atom is -0.333 e. The molecule has 1 fully saturated rings. The van der Waals surface area contributed by atoms with E-state index in [0.717, 1.165) is 16.8 Å². The number of amides is 3. The van der Waals surface area contributed by atoms with Gasteiger partial charge in [-0.05, 0) is 35.4 Å². The molecule has 0 saturated carbocycles. The summed E-state index contributed by atoms with van der Waals surface area (Å²) >= 11 is 5.96. The Morgan fingerprint density at radius 2 is 1.35 bits per heavy atom. The second-order valence-corrected chi connectivity index (χ2v) is 7.99. The summed E-state index contributed by atoms with van der Waals surface area (Å²) in [5, 5.41) is 0.625. The molecule has 1 aliphatic rings. The fraction of sp³-hybridized carbons (Fsp3) is 0.200. The quantitative estimate of drug-likeness (QED) is 0.536. The fourth-order valence-corrected chi connectivity index (χ4v) is 3.82. The standard InChI is InChI=1S/C25H24ClN3O2/c26-22-11-13-23(14-12-22)29-16-15-27(25(29)31)19-24(30)28(17-20-7-3-1-4-8-20)18-21-9-5-2-6-10-21/h1-14H,15-19H2. The van der Waals surface area contributed by atoms with Gasteiger partial charge in [-0.1, -0.05) is 72.3 Å². The smallest absolute Gasteiger partial charge is 0.325 e. The lowest BCUT2D eigenvalue weighted by Gasteiger charge is -2.26. The molecule has 5 nitrogen and oxygen atoms in total. The first-order valence-corrected chi connectivity index (χ1v) is 10.7. The molecule has 0 atom stereocenters. The summed E-state index contributed by atoms with van der Waals surface area (Å²) in [5.41, 5.74) is 2.90. The van der Waals surface area contributed by atoms with E-state index in [-0.39, 0.29) is 18.5 Å². The molecule has 0 bridgehead atoms. The fourth-order valence-electron chi connectivity index (χ4n) is 3.69. The summed E-state index contributed by atoms with van der Waals surface area (Å²) in [5.74, 6) is -0.0704. The van der Waals surface area contributed by atoms with Crippen LogP contribution in [0.25, 0.3) is 0 Å². The number of urea groups is 1. The topological polar surface area (TPSA) is 43.9 Å². The predicted molar refractivity (Wildman–Crippen MR) is 123 cm³/mol. The van der Waals surface area contributed by atoms with Gasteiger partial charge in [0.25, 0.3) is 0 Å². The van der Waals surface area contributed by atoms with Crippen LogP contribution in [0.15, 0.2) is 84.9 Å². The first-order chi connectivity index (χ1) is 15.1. The van der Waals surface area contributed by atoms with Crippen LogP contribution < -0.4 is 4.90 Å². The van der Waals surface area contributed by atoms with Crippen molar-refractivity contribution >= 4 is 29.2 Å². The lowest BCUT2D eigenvalue weighted by Crippen LogP contribution is -2.41. The first-order valence-electron chi connectivity index (χ1n) is 10.3. The molecule has 3 aromatic carbocycles. The van der Waals surface area contributed by atoms with Crippen LogP contribution in [0.1, 0.15) is 11.1 Å². The molecule has 0 unspecified atom stereocenters. The predicted octanol–water partition coefficient (Wildman–Crippen LogP) is 4.81. The second kappa shape index (κ2) is 9.67. The molecule has 1 heterocycles. The molecule has 0 radical (unpaired) electrons. The van der Waals surface area contributed by atoms with Gasteiger partial charge in [0.15, 0.2) is 0 Å². The van der Waals surface area contributed by atoms with Gasteiger partial charge in [0.05, 0.1) is 0 Å². The van der Waals surface area contributed by atoms with Crippen molar-refractivity contribution in [3.8, 4) is 0 Å². The zero-order chi connectivity index (χ0) is 21.6. The van der Waals surface area contributed by atoms with Crippen LogP contribution in [-0.2, 0) is 17.9 Å². The second-order valence-electron chi connectivity index (χ2n) is 7.55. The van der Waals surface area contributed by atoms with E-state index in [4.69, 9.17) is 11.6 Å². The highest BCUT2D eigenvalue weighted by Crippen LogP contribution is 2.22. The van der Waals surface area contributed by atoms with Crippen LogP contribution in [0, 0.1) is 0 Å². The Hall–Kier alpha value is -3.31. The summed E-state index contributed by atoms with van der Waals surface area (Å²) in [4.78, 5) is 31.3. The van der Waals surface area contributed by atoms with Crippen LogP contribution in [0.5, 0.6) is 0 Å². The van der Waals surface area contributed by atoms with Crippen LogP contribution in [0.2, 0.25) is 5.02 Å². The van der Waals surface area contributed by atoms with Gasteiger partial charge in [-0.25, -0.2) is 4.79 Å². The zero-order valence-electron chi connectivity index (χ0n) is 17.2.